The Bertz CT molecular complexity index is 774. The van der Waals surface area contributed by atoms with Crippen molar-refractivity contribution in [2.45, 2.75) is 0 Å². The van der Waals surface area contributed by atoms with Gasteiger partial charge in [0.25, 0.3) is 5.69 Å². The third-order valence-corrected chi connectivity index (χ3v) is 3.25. The maximum absolute atomic E-state index is 11.9. The molecule has 2 rings (SSSR count). The van der Waals surface area contributed by atoms with Crippen molar-refractivity contribution in [2.75, 3.05) is 12.4 Å². The first kappa shape index (κ1) is 16.5. The number of hydrogen-bond donors (Lipinski definition) is 1. The zero-order valence-corrected chi connectivity index (χ0v) is 12.9. The summed E-state index contributed by atoms with van der Waals surface area (Å²) in [6.45, 7) is 0. The van der Waals surface area contributed by atoms with Crippen molar-refractivity contribution in [3.05, 3.63) is 69.2 Å². The Morgan fingerprint density at radius 3 is 2.78 bits per heavy atom. The van der Waals surface area contributed by atoms with Gasteiger partial charge in [-0.3, -0.25) is 14.9 Å². The quantitative estimate of drug-likeness (QED) is 0.511. The number of carbonyl (C=O) groups excluding carboxylic acids is 1. The summed E-state index contributed by atoms with van der Waals surface area (Å²) in [6, 6.07) is 11.3. The summed E-state index contributed by atoms with van der Waals surface area (Å²) >= 11 is 5.72. The van der Waals surface area contributed by atoms with E-state index in [0.29, 0.717) is 11.4 Å². The van der Waals surface area contributed by atoms with E-state index in [1.165, 1.54) is 24.3 Å². The molecule has 0 fully saturated rings. The standard InChI is InChI=1S/C16H13ClN2O4/c1-23-13-4-2-3-11(9-13)5-8-16(20)18-12-6-7-14(17)15(10-12)19(21)22/h2-10H,1H3,(H,18,20)/b8-5+. The topological polar surface area (TPSA) is 81.5 Å². The summed E-state index contributed by atoms with van der Waals surface area (Å²) in [5, 5.41) is 13.4. The van der Waals surface area contributed by atoms with E-state index < -0.39 is 10.8 Å². The number of nitro groups is 1. The summed E-state index contributed by atoms with van der Waals surface area (Å²) in [5.74, 6) is 0.269. The molecule has 0 aromatic heterocycles. The number of carbonyl (C=O) groups is 1. The van der Waals surface area contributed by atoms with E-state index >= 15 is 0 Å². The van der Waals surface area contributed by atoms with Gasteiger partial charge in [-0.15, -0.1) is 0 Å². The van der Waals surface area contributed by atoms with E-state index in [-0.39, 0.29) is 10.7 Å². The first-order valence-electron chi connectivity index (χ1n) is 6.56. The number of nitrogens with one attached hydrogen (secondary N) is 1. The lowest BCUT2D eigenvalue weighted by Crippen LogP contribution is -2.08. The number of benzene rings is 2. The van der Waals surface area contributed by atoms with Gasteiger partial charge in [0.15, 0.2) is 0 Å². The van der Waals surface area contributed by atoms with Crippen molar-refractivity contribution < 1.29 is 14.5 Å². The maximum Gasteiger partial charge on any atom is 0.289 e. The number of nitrogens with zero attached hydrogens (tertiary/aromatic N) is 1. The third kappa shape index (κ3) is 4.55. The Kier molecular flexibility index (Phi) is 5.32. The van der Waals surface area contributed by atoms with Crippen molar-refractivity contribution in [3.8, 4) is 5.75 Å². The minimum absolute atomic E-state index is 0.0138. The lowest BCUT2D eigenvalue weighted by atomic mass is 10.2. The van der Waals surface area contributed by atoms with Crippen molar-refractivity contribution in [2.24, 2.45) is 0 Å². The van der Waals surface area contributed by atoms with Crippen LogP contribution in [-0.2, 0) is 4.79 Å². The molecule has 1 N–H and O–H groups in total. The highest BCUT2D eigenvalue weighted by Crippen LogP contribution is 2.27. The van der Waals surface area contributed by atoms with Gasteiger partial charge in [0, 0.05) is 17.8 Å². The molecule has 0 spiro atoms. The average Bonchev–Trinajstić information content (AvgIpc) is 2.54. The summed E-state index contributed by atoms with van der Waals surface area (Å²) in [4.78, 5) is 22.1. The molecular formula is C16H13ClN2O4. The fourth-order valence-corrected chi connectivity index (χ4v) is 2.02. The minimum atomic E-state index is -0.607. The fraction of sp³-hybridized carbons (Fsp3) is 0.0625. The van der Waals surface area contributed by atoms with Gasteiger partial charge < -0.3 is 10.1 Å². The first-order valence-corrected chi connectivity index (χ1v) is 6.94. The highest BCUT2D eigenvalue weighted by atomic mass is 35.5. The number of anilines is 1. The van der Waals surface area contributed by atoms with Gasteiger partial charge in [0.05, 0.1) is 12.0 Å². The Morgan fingerprint density at radius 2 is 2.09 bits per heavy atom. The van der Waals surface area contributed by atoms with Gasteiger partial charge in [-0.2, -0.15) is 0 Å². The molecule has 6 nitrogen and oxygen atoms in total. The second kappa shape index (κ2) is 7.42. The van der Waals surface area contributed by atoms with Crippen LogP contribution < -0.4 is 10.1 Å². The van der Waals surface area contributed by atoms with E-state index in [4.69, 9.17) is 16.3 Å². The van der Waals surface area contributed by atoms with Crippen LogP contribution in [0, 0.1) is 10.1 Å². The molecule has 0 radical (unpaired) electrons. The third-order valence-electron chi connectivity index (χ3n) is 2.93. The second-order valence-electron chi connectivity index (χ2n) is 4.52. The van der Waals surface area contributed by atoms with Crippen LogP contribution in [0.2, 0.25) is 5.02 Å². The monoisotopic (exact) mass is 332 g/mol. The molecule has 0 unspecified atom stereocenters. The molecule has 0 aliphatic heterocycles. The first-order chi connectivity index (χ1) is 11.0. The molecule has 7 heteroatoms. The average molecular weight is 333 g/mol. The van der Waals surface area contributed by atoms with Gasteiger partial charge in [0.2, 0.25) is 5.91 Å². The molecule has 0 saturated carbocycles. The molecule has 1 amide bonds. The second-order valence-corrected chi connectivity index (χ2v) is 4.93. The summed E-state index contributed by atoms with van der Waals surface area (Å²) in [5.41, 5.74) is 0.823. The predicted molar refractivity (Wildman–Crippen MR) is 88.8 cm³/mol. The number of nitro benzene ring substituents is 1. The molecule has 0 aliphatic rings. The van der Waals surface area contributed by atoms with E-state index in [1.807, 2.05) is 6.07 Å². The molecule has 0 saturated heterocycles. The molecule has 2 aromatic carbocycles. The lowest BCUT2D eigenvalue weighted by molar-refractivity contribution is -0.384. The van der Waals surface area contributed by atoms with Crippen molar-refractivity contribution in [3.63, 3.8) is 0 Å². The smallest absolute Gasteiger partial charge is 0.289 e. The highest BCUT2D eigenvalue weighted by Gasteiger charge is 2.13. The van der Waals surface area contributed by atoms with E-state index in [0.717, 1.165) is 5.56 Å². The number of hydrogen-bond acceptors (Lipinski definition) is 4. The SMILES string of the molecule is COc1cccc(/C=C/C(=O)Nc2ccc(Cl)c([N+](=O)[O-])c2)c1. The van der Waals surface area contributed by atoms with Crippen LogP contribution in [0.4, 0.5) is 11.4 Å². The van der Waals surface area contributed by atoms with Gasteiger partial charge in [-0.1, -0.05) is 23.7 Å². The molecule has 0 atom stereocenters. The van der Waals surface area contributed by atoms with E-state index in [2.05, 4.69) is 5.32 Å². The highest BCUT2D eigenvalue weighted by molar-refractivity contribution is 6.32. The number of rotatable bonds is 5. The van der Waals surface area contributed by atoms with Crippen LogP contribution >= 0.6 is 11.6 Å². The molecule has 118 valence electrons. The molecule has 2 aromatic rings. The zero-order valence-electron chi connectivity index (χ0n) is 12.2. The molecule has 0 bridgehead atoms. The van der Waals surface area contributed by atoms with Crippen molar-refractivity contribution in [1.29, 1.82) is 0 Å². The lowest BCUT2D eigenvalue weighted by Gasteiger charge is -2.03. The fourth-order valence-electron chi connectivity index (χ4n) is 1.83. The molecule has 23 heavy (non-hydrogen) atoms. The van der Waals surface area contributed by atoms with Gasteiger partial charge >= 0.3 is 0 Å². The summed E-state index contributed by atoms with van der Waals surface area (Å²) in [7, 11) is 1.56. The Labute approximate surface area is 137 Å². The van der Waals surface area contributed by atoms with E-state index in [9.17, 15) is 14.9 Å². The number of ether oxygens (including phenoxy) is 1. The number of methoxy groups -OCH3 is 1. The van der Waals surface area contributed by atoms with Crippen LogP contribution in [0.5, 0.6) is 5.75 Å². The van der Waals surface area contributed by atoms with Crippen LogP contribution in [0.1, 0.15) is 5.56 Å². The summed E-state index contributed by atoms with van der Waals surface area (Å²) in [6.07, 6.45) is 2.94. The van der Waals surface area contributed by atoms with Gasteiger partial charge in [-0.05, 0) is 35.9 Å². The van der Waals surface area contributed by atoms with Crippen LogP contribution in [0.15, 0.2) is 48.5 Å². The zero-order chi connectivity index (χ0) is 16.8. The largest absolute Gasteiger partial charge is 0.497 e. The Morgan fingerprint density at radius 1 is 1.30 bits per heavy atom. The number of halogens is 1. The predicted octanol–water partition coefficient (Wildman–Crippen LogP) is 3.91. The molecule has 0 aliphatic carbocycles. The Balaban J connectivity index is 2.08. The van der Waals surface area contributed by atoms with Crippen molar-refractivity contribution >= 4 is 35.0 Å². The normalized spacial score (nSPS) is 10.5. The van der Waals surface area contributed by atoms with Crippen LogP contribution in [0.3, 0.4) is 0 Å². The molecule has 0 heterocycles. The maximum atomic E-state index is 11.9. The Hall–Kier alpha value is -2.86. The van der Waals surface area contributed by atoms with Gasteiger partial charge in [-0.25, -0.2) is 0 Å². The van der Waals surface area contributed by atoms with Crippen molar-refractivity contribution in [1.82, 2.24) is 0 Å². The minimum Gasteiger partial charge on any atom is -0.497 e. The number of amides is 1. The van der Waals surface area contributed by atoms with Crippen LogP contribution in [0.25, 0.3) is 6.08 Å². The summed E-state index contributed by atoms with van der Waals surface area (Å²) < 4.78 is 5.09. The van der Waals surface area contributed by atoms with Gasteiger partial charge in [0.1, 0.15) is 10.8 Å². The van der Waals surface area contributed by atoms with E-state index in [1.54, 1.807) is 31.4 Å². The molecular weight excluding hydrogens is 320 g/mol. The van der Waals surface area contributed by atoms with Crippen LogP contribution in [-0.4, -0.2) is 17.9 Å².